The van der Waals surface area contributed by atoms with Crippen molar-refractivity contribution in [3.63, 3.8) is 0 Å². The van der Waals surface area contributed by atoms with Gasteiger partial charge in [0.2, 0.25) is 11.9 Å². The van der Waals surface area contributed by atoms with Gasteiger partial charge in [0, 0.05) is 18.8 Å². The van der Waals surface area contributed by atoms with Crippen LogP contribution in [0.4, 0.5) is 11.6 Å². The minimum Gasteiger partial charge on any atom is -0.378 e. The first-order valence-corrected chi connectivity index (χ1v) is 11.8. The molecule has 1 saturated heterocycles. The predicted octanol–water partition coefficient (Wildman–Crippen LogP) is 4.07. The van der Waals surface area contributed by atoms with Crippen molar-refractivity contribution in [2.24, 2.45) is 0 Å². The largest absolute Gasteiger partial charge is 0.378 e. The summed E-state index contributed by atoms with van der Waals surface area (Å²) in [7, 11) is 0. The number of morpholine rings is 1. The maximum atomic E-state index is 12.8. The van der Waals surface area contributed by atoms with E-state index in [2.05, 4.69) is 58.5 Å². The molecule has 32 heavy (non-hydrogen) atoms. The van der Waals surface area contributed by atoms with Crippen LogP contribution in [-0.4, -0.2) is 52.7 Å². The summed E-state index contributed by atoms with van der Waals surface area (Å²) in [5.74, 6) is 0.976. The van der Waals surface area contributed by atoms with Gasteiger partial charge in [0.1, 0.15) is 0 Å². The molecule has 1 aromatic heterocycles. The van der Waals surface area contributed by atoms with Gasteiger partial charge >= 0.3 is 0 Å². The molecule has 1 aliphatic heterocycles. The summed E-state index contributed by atoms with van der Waals surface area (Å²) >= 11 is 1.39. The highest BCUT2D eigenvalue weighted by molar-refractivity contribution is 7.99. The zero-order chi connectivity index (χ0) is 22.7. The molecule has 1 amide bonds. The molecule has 7 nitrogen and oxygen atoms in total. The zero-order valence-corrected chi connectivity index (χ0v) is 19.8. The van der Waals surface area contributed by atoms with Crippen LogP contribution in [0.3, 0.4) is 0 Å². The maximum absolute atomic E-state index is 12.8. The third-order valence-corrected chi connectivity index (χ3v) is 6.37. The highest BCUT2D eigenvalue weighted by Crippen LogP contribution is 2.28. The molecule has 0 atom stereocenters. The van der Waals surface area contributed by atoms with Gasteiger partial charge in [-0.25, -0.2) is 0 Å². The average Bonchev–Trinajstić information content (AvgIpc) is 3.19. The van der Waals surface area contributed by atoms with Crippen LogP contribution in [0.25, 0.3) is 5.69 Å². The lowest BCUT2D eigenvalue weighted by Crippen LogP contribution is -2.37. The van der Waals surface area contributed by atoms with Gasteiger partial charge in [0.25, 0.3) is 0 Å². The van der Waals surface area contributed by atoms with Crippen molar-refractivity contribution in [2.45, 2.75) is 32.9 Å². The van der Waals surface area contributed by atoms with Crippen molar-refractivity contribution in [3.8, 4) is 5.69 Å². The van der Waals surface area contributed by atoms with Crippen molar-refractivity contribution in [2.75, 3.05) is 42.3 Å². The molecule has 2 aromatic carbocycles. The molecule has 0 spiro atoms. The van der Waals surface area contributed by atoms with E-state index in [1.54, 1.807) is 0 Å². The summed E-state index contributed by atoms with van der Waals surface area (Å²) < 4.78 is 7.54. The number of amides is 1. The number of benzene rings is 2. The number of carbonyl (C=O) groups excluding carboxylic acids is 1. The number of anilines is 2. The zero-order valence-electron chi connectivity index (χ0n) is 19.0. The van der Waals surface area contributed by atoms with Crippen LogP contribution >= 0.6 is 11.8 Å². The molecule has 1 fully saturated rings. The highest BCUT2D eigenvalue weighted by Gasteiger charge is 2.22. The van der Waals surface area contributed by atoms with E-state index in [0.29, 0.717) is 18.4 Å². The monoisotopic (exact) mass is 451 g/mol. The van der Waals surface area contributed by atoms with Crippen molar-refractivity contribution in [3.05, 3.63) is 58.7 Å². The minimum absolute atomic E-state index is 0.0585. The van der Waals surface area contributed by atoms with E-state index in [9.17, 15) is 4.79 Å². The first-order valence-electron chi connectivity index (χ1n) is 10.8. The van der Waals surface area contributed by atoms with Crippen LogP contribution < -0.4 is 10.2 Å². The summed E-state index contributed by atoms with van der Waals surface area (Å²) in [5, 5.41) is 12.7. The van der Waals surface area contributed by atoms with Gasteiger partial charge in [0.05, 0.1) is 24.7 Å². The number of ether oxygens (including phenoxy) is 1. The van der Waals surface area contributed by atoms with Gasteiger partial charge in [0.15, 0.2) is 5.16 Å². The SMILES string of the molecule is Cc1cccc(-n2c(SCC(=O)Nc3c(C)cc(C)cc3C)nnc2N2CCOCC2)c1. The Morgan fingerprint density at radius 1 is 1.03 bits per heavy atom. The summed E-state index contributed by atoms with van der Waals surface area (Å²) in [6.45, 7) is 11.0. The lowest BCUT2D eigenvalue weighted by atomic mass is 10.1. The molecule has 3 aromatic rings. The molecule has 4 rings (SSSR count). The number of aryl methyl sites for hydroxylation is 4. The van der Waals surface area contributed by atoms with Crippen LogP contribution in [0.5, 0.6) is 0 Å². The second-order valence-corrected chi connectivity index (χ2v) is 9.11. The smallest absolute Gasteiger partial charge is 0.234 e. The van der Waals surface area contributed by atoms with Crippen LogP contribution in [0.1, 0.15) is 22.3 Å². The Labute approximate surface area is 193 Å². The van der Waals surface area contributed by atoms with E-state index >= 15 is 0 Å². The Kier molecular flexibility index (Phi) is 6.81. The fraction of sp³-hybridized carbons (Fsp3) is 0.375. The van der Waals surface area contributed by atoms with Crippen LogP contribution in [0, 0.1) is 27.7 Å². The number of carbonyl (C=O) groups is 1. The Hall–Kier alpha value is -2.84. The van der Waals surface area contributed by atoms with E-state index in [0.717, 1.165) is 47.1 Å². The fourth-order valence-electron chi connectivity index (χ4n) is 4.00. The van der Waals surface area contributed by atoms with Gasteiger partial charge in [-0.2, -0.15) is 0 Å². The first-order chi connectivity index (χ1) is 15.4. The van der Waals surface area contributed by atoms with Gasteiger partial charge in [-0.15, -0.1) is 10.2 Å². The third kappa shape index (κ3) is 4.97. The normalized spacial score (nSPS) is 13.9. The summed E-state index contributed by atoms with van der Waals surface area (Å²) in [6.07, 6.45) is 0. The highest BCUT2D eigenvalue weighted by atomic mass is 32.2. The molecular weight excluding hydrogens is 422 g/mol. The Morgan fingerprint density at radius 3 is 2.44 bits per heavy atom. The molecule has 1 N–H and O–H groups in total. The standard InChI is InChI=1S/C24H29N5O2S/c1-16-6-5-7-20(14-16)29-23(28-8-10-31-11-9-28)26-27-24(29)32-15-21(30)25-22-18(3)12-17(2)13-19(22)4/h5-7,12-14H,8-11,15H2,1-4H3,(H,25,30). The van der Waals surface area contributed by atoms with Gasteiger partial charge in [-0.05, 0) is 56.5 Å². The van der Waals surface area contributed by atoms with Gasteiger partial charge in [-0.1, -0.05) is 41.6 Å². The lowest BCUT2D eigenvalue weighted by molar-refractivity contribution is -0.113. The maximum Gasteiger partial charge on any atom is 0.234 e. The summed E-state index contributed by atoms with van der Waals surface area (Å²) in [6, 6.07) is 12.4. The second-order valence-electron chi connectivity index (χ2n) is 8.17. The fourth-order valence-corrected chi connectivity index (χ4v) is 4.75. The molecule has 8 heteroatoms. The van der Waals surface area contributed by atoms with Crippen LogP contribution in [0.2, 0.25) is 0 Å². The Bertz CT molecular complexity index is 1100. The number of hydrogen-bond donors (Lipinski definition) is 1. The van der Waals surface area contributed by atoms with Crippen LogP contribution in [-0.2, 0) is 9.53 Å². The Balaban J connectivity index is 1.56. The van der Waals surface area contributed by atoms with E-state index < -0.39 is 0 Å². The van der Waals surface area contributed by atoms with E-state index in [-0.39, 0.29) is 11.7 Å². The second kappa shape index (κ2) is 9.75. The quantitative estimate of drug-likeness (QED) is 0.570. The minimum atomic E-state index is -0.0585. The summed E-state index contributed by atoms with van der Waals surface area (Å²) in [4.78, 5) is 15.0. The van der Waals surface area contributed by atoms with Crippen molar-refractivity contribution in [1.82, 2.24) is 14.8 Å². The Morgan fingerprint density at radius 2 is 1.75 bits per heavy atom. The van der Waals surface area contributed by atoms with E-state index in [4.69, 9.17) is 4.74 Å². The molecule has 2 heterocycles. The molecule has 0 saturated carbocycles. The van der Waals surface area contributed by atoms with E-state index in [1.165, 1.54) is 17.3 Å². The molecule has 0 radical (unpaired) electrons. The van der Waals surface area contributed by atoms with E-state index in [1.807, 2.05) is 30.5 Å². The van der Waals surface area contributed by atoms with Gasteiger partial charge < -0.3 is 15.0 Å². The average molecular weight is 452 g/mol. The number of rotatable bonds is 6. The van der Waals surface area contributed by atoms with Crippen molar-refractivity contribution >= 4 is 29.3 Å². The van der Waals surface area contributed by atoms with Gasteiger partial charge in [-0.3, -0.25) is 9.36 Å². The predicted molar refractivity (Wildman–Crippen MR) is 129 cm³/mol. The number of thioether (sulfide) groups is 1. The first kappa shape index (κ1) is 22.4. The van der Waals surface area contributed by atoms with Crippen molar-refractivity contribution < 1.29 is 9.53 Å². The molecular formula is C24H29N5O2S. The number of nitrogens with zero attached hydrogens (tertiary/aromatic N) is 4. The van der Waals surface area contributed by atoms with Crippen molar-refractivity contribution in [1.29, 1.82) is 0 Å². The number of aromatic nitrogens is 3. The third-order valence-electron chi connectivity index (χ3n) is 5.44. The molecule has 1 aliphatic rings. The summed E-state index contributed by atoms with van der Waals surface area (Å²) in [5.41, 5.74) is 6.36. The number of hydrogen-bond acceptors (Lipinski definition) is 6. The molecule has 0 aliphatic carbocycles. The molecule has 168 valence electrons. The topological polar surface area (TPSA) is 72.3 Å². The molecule has 0 bridgehead atoms. The van der Waals surface area contributed by atoms with Crippen LogP contribution in [0.15, 0.2) is 41.6 Å². The lowest BCUT2D eigenvalue weighted by Gasteiger charge is -2.28. The number of nitrogens with one attached hydrogen (secondary N) is 1. The molecule has 0 unspecified atom stereocenters.